The molecule has 82 valence electrons. The highest BCUT2D eigenvalue weighted by Crippen LogP contribution is 2.16. The number of rotatable bonds is 5. The lowest BCUT2D eigenvalue weighted by molar-refractivity contribution is 0.208. The van der Waals surface area contributed by atoms with Crippen molar-refractivity contribution in [2.24, 2.45) is 4.99 Å². The maximum absolute atomic E-state index is 5.66. The maximum Gasteiger partial charge on any atom is 0.150 e. The minimum Gasteiger partial charge on any atom is -0.383 e. The molecule has 0 unspecified atom stereocenters. The van der Waals surface area contributed by atoms with Gasteiger partial charge < -0.3 is 15.8 Å². The van der Waals surface area contributed by atoms with Crippen LogP contribution in [0.25, 0.3) is 0 Å². The van der Waals surface area contributed by atoms with Crippen molar-refractivity contribution < 1.29 is 4.74 Å². The molecule has 0 saturated heterocycles. The van der Waals surface area contributed by atoms with Crippen LogP contribution >= 0.6 is 0 Å². The minimum atomic E-state index is 0.417. The number of nitrogens with zero attached hydrogens (tertiary/aromatic N) is 3. The summed E-state index contributed by atoms with van der Waals surface area (Å²) in [5.41, 5.74) is 7.15. The molecule has 6 heteroatoms. The third kappa shape index (κ3) is 3.51. The Morgan fingerprint density at radius 1 is 1.60 bits per heavy atom. The van der Waals surface area contributed by atoms with E-state index in [0.29, 0.717) is 24.7 Å². The summed E-state index contributed by atoms with van der Waals surface area (Å²) < 4.78 is 4.85. The van der Waals surface area contributed by atoms with Gasteiger partial charge in [0.1, 0.15) is 12.0 Å². The second-order valence-corrected chi connectivity index (χ2v) is 2.89. The van der Waals surface area contributed by atoms with E-state index in [0.717, 1.165) is 5.69 Å². The average molecular weight is 209 g/mol. The van der Waals surface area contributed by atoms with Crippen molar-refractivity contribution in [3.05, 3.63) is 12.0 Å². The van der Waals surface area contributed by atoms with Gasteiger partial charge in [0.15, 0.2) is 5.82 Å². The molecule has 0 bridgehead atoms. The number of hydrogen-bond acceptors (Lipinski definition) is 5. The quantitative estimate of drug-likeness (QED) is 0.418. The van der Waals surface area contributed by atoms with Gasteiger partial charge in [0, 0.05) is 7.11 Å². The van der Waals surface area contributed by atoms with Gasteiger partial charge in [-0.1, -0.05) is 0 Å². The summed E-state index contributed by atoms with van der Waals surface area (Å²) in [6, 6.07) is 0. The van der Waals surface area contributed by atoms with Crippen molar-refractivity contribution in [2.45, 2.75) is 6.92 Å². The van der Waals surface area contributed by atoms with Crippen LogP contribution in [-0.2, 0) is 4.74 Å². The largest absolute Gasteiger partial charge is 0.383 e. The van der Waals surface area contributed by atoms with Gasteiger partial charge in [-0.15, -0.1) is 0 Å². The highest BCUT2D eigenvalue weighted by atomic mass is 16.5. The number of nitrogens with two attached hydrogens (primary N) is 1. The van der Waals surface area contributed by atoms with Crippen molar-refractivity contribution in [1.29, 1.82) is 0 Å². The van der Waals surface area contributed by atoms with Crippen LogP contribution in [0.1, 0.15) is 5.69 Å². The molecule has 1 aromatic heterocycles. The molecule has 3 N–H and O–H groups in total. The van der Waals surface area contributed by atoms with E-state index in [1.54, 1.807) is 13.4 Å². The first-order valence-corrected chi connectivity index (χ1v) is 4.56. The van der Waals surface area contributed by atoms with Gasteiger partial charge in [-0.05, 0) is 6.92 Å². The number of hydrogen-bond donors (Lipinski definition) is 2. The standard InChI is InChI=1S/C9H15N5O/c1-7-8(9(10)14-6-12-7)13-5-11-3-4-15-2/h5-6H,3-4H2,1-2H3,(H,11,13)(H2,10,12,14). The Balaban J connectivity index is 2.53. The average Bonchev–Trinajstić information content (AvgIpc) is 2.21. The molecule has 0 saturated carbocycles. The van der Waals surface area contributed by atoms with Crippen molar-refractivity contribution in [3.63, 3.8) is 0 Å². The second kappa shape index (κ2) is 5.92. The number of methoxy groups -OCH3 is 1. The van der Waals surface area contributed by atoms with Gasteiger partial charge in [-0.25, -0.2) is 9.97 Å². The molecular formula is C9H15N5O. The van der Waals surface area contributed by atoms with Crippen LogP contribution < -0.4 is 11.1 Å². The molecule has 0 aromatic carbocycles. The van der Waals surface area contributed by atoms with Crippen LogP contribution in [0, 0.1) is 6.92 Å². The Bertz CT molecular complexity index is 319. The molecule has 0 aliphatic heterocycles. The first-order chi connectivity index (χ1) is 7.25. The topological polar surface area (TPSA) is 85.4 Å². The molecule has 0 atom stereocenters. The van der Waals surface area contributed by atoms with Crippen molar-refractivity contribution >= 4 is 17.8 Å². The Kier molecular flexibility index (Phi) is 4.49. The molecule has 0 radical (unpaired) electrons. The van der Waals surface area contributed by atoms with Crippen LogP contribution in [-0.4, -0.2) is 36.6 Å². The van der Waals surface area contributed by atoms with E-state index in [-0.39, 0.29) is 0 Å². The summed E-state index contributed by atoms with van der Waals surface area (Å²) in [5.74, 6) is 0.417. The van der Waals surface area contributed by atoms with E-state index in [4.69, 9.17) is 10.5 Å². The fourth-order valence-corrected chi connectivity index (χ4v) is 0.989. The van der Waals surface area contributed by atoms with E-state index in [2.05, 4.69) is 20.3 Å². The predicted octanol–water partition coefficient (Wildman–Crippen LogP) is 0.454. The Morgan fingerprint density at radius 3 is 3.07 bits per heavy atom. The molecule has 1 aromatic rings. The Hall–Kier alpha value is -1.69. The monoisotopic (exact) mass is 209 g/mol. The highest BCUT2D eigenvalue weighted by molar-refractivity contribution is 5.81. The van der Waals surface area contributed by atoms with Crippen molar-refractivity contribution in [3.8, 4) is 0 Å². The van der Waals surface area contributed by atoms with E-state index in [1.165, 1.54) is 6.33 Å². The number of nitrogen functional groups attached to an aromatic ring is 1. The van der Waals surface area contributed by atoms with Gasteiger partial charge in [0.2, 0.25) is 0 Å². The third-order valence-electron chi connectivity index (χ3n) is 1.79. The number of aryl methyl sites for hydroxylation is 1. The Labute approximate surface area is 88.6 Å². The van der Waals surface area contributed by atoms with Crippen LogP contribution in [0.4, 0.5) is 11.5 Å². The van der Waals surface area contributed by atoms with E-state index in [9.17, 15) is 0 Å². The summed E-state index contributed by atoms with van der Waals surface area (Å²) in [7, 11) is 1.64. The Morgan fingerprint density at radius 2 is 2.40 bits per heavy atom. The minimum absolute atomic E-state index is 0.417. The molecule has 0 amide bonds. The zero-order valence-electron chi connectivity index (χ0n) is 8.90. The van der Waals surface area contributed by atoms with Gasteiger partial charge in [0.05, 0.1) is 25.2 Å². The molecule has 0 aliphatic rings. The number of nitrogens with one attached hydrogen (secondary N) is 1. The van der Waals surface area contributed by atoms with Crippen LogP contribution in [0.15, 0.2) is 11.3 Å². The predicted molar refractivity (Wildman–Crippen MR) is 60.0 cm³/mol. The molecule has 1 rings (SSSR count). The normalized spacial score (nSPS) is 10.8. The van der Waals surface area contributed by atoms with Crippen molar-refractivity contribution in [2.75, 3.05) is 31.3 Å². The molecule has 6 nitrogen and oxygen atoms in total. The van der Waals surface area contributed by atoms with Gasteiger partial charge in [0.25, 0.3) is 0 Å². The summed E-state index contributed by atoms with van der Waals surface area (Å²) in [6.07, 6.45) is 3.00. The van der Waals surface area contributed by atoms with E-state index < -0.39 is 0 Å². The molecular weight excluding hydrogens is 194 g/mol. The lowest BCUT2D eigenvalue weighted by Gasteiger charge is -2.05. The molecule has 0 aliphatic carbocycles. The smallest absolute Gasteiger partial charge is 0.150 e. The van der Waals surface area contributed by atoms with Gasteiger partial charge in [-0.2, -0.15) is 0 Å². The third-order valence-corrected chi connectivity index (χ3v) is 1.79. The number of aliphatic imine (C=N–C) groups is 1. The zero-order chi connectivity index (χ0) is 11.1. The van der Waals surface area contributed by atoms with Gasteiger partial charge in [-0.3, -0.25) is 4.99 Å². The van der Waals surface area contributed by atoms with Crippen LogP contribution in [0.2, 0.25) is 0 Å². The van der Waals surface area contributed by atoms with Crippen LogP contribution in [0.3, 0.4) is 0 Å². The molecule has 1 heterocycles. The molecule has 0 fully saturated rings. The first kappa shape index (κ1) is 11.4. The molecule has 15 heavy (non-hydrogen) atoms. The number of anilines is 2. The number of aromatic nitrogens is 2. The summed E-state index contributed by atoms with van der Waals surface area (Å²) in [6.45, 7) is 3.05. The lowest BCUT2D eigenvalue weighted by atomic mass is 10.3. The summed E-state index contributed by atoms with van der Waals surface area (Å²) >= 11 is 0. The number of ether oxygens (including phenoxy) is 1. The van der Waals surface area contributed by atoms with Gasteiger partial charge >= 0.3 is 0 Å². The zero-order valence-corrected chi connectivity index (χ0v) is 8.90. The van der Waals surface area contributed by atoms with Crippen LogP contribution in [0.5, 0.6) is 0 Å². The fraction of sp³-hybridized carbons (Fsp3) is 0.444. The van der Waals surface area contributed by atoms with E-state index >= 15 is 0 Å². The van der Waals surface area contributed by atoms with Crippen molar-refractivity contribution in [1.82, 2.24) is 9.97 Å². The first-order valence-electron chi connectivity index (χ1n) is 4.56. The second-order valence-electron chi connectivity index (χ2n) is 2.89. The fourth-order valence-electron chi connectivity index (χ4n) is 0.989. The molecule has 0 spiro atoms. The maximum atomic E-state index is 5.66. The summed E-state index contributed by atoms with van der Waals surface area (Å²) in [5, 5.41) is 2.94. The SMILES string of the molecule is COCCN=CNc1c(C)ncnc1N. The highest BCUT2D eigenvalue weighted by Gasteiger charge is 2.01. The lowest BCUT2D eigenvalue weighted by Crippen LogP contribution is -2.06. The summed E-state index contributed by atoms with van der Waals surface area (Å²) in [4.78, 5) is 12.0. The van der Waals surface area contributed by atoms with E-state index in [1.807, 2.05) is 6.92 Å².